The Balaban J connectivity index is 1.36. The predicted octanol–water partition coefficient (Wildman–Crippen LogP) is 3.04. The Labute approximate surface area is 207 Å². The minimum absolute atomic E-state index is 0.123. The third kappa shape index (κ3) is 4.25. The Bertz CT molecular complexity index is 1200. The molecular weight excluding hydrogens is 472 g/mol. The number of carbonyl (C=O) groups is 3. The number of alkyl halides is 2. The van der Waals surface area contributed by atoms with Crippen LogP contribution >= 0.6 is 0 Å². The van der Waals surface area contributed by atoms with Gasteiger partial charge in [-0.05, 0) is 43.9 Å². The van der Waals surface area contributed by atoms with Crippen molar-refractivity contribution in [1.82, 2.24) is 15.2 Å². The van der Waals surface area contributed by atoms with E-state index in [1.54, 1.807) is 24.3 Å². The fourth-order valence-electron chi connectivity index (χ4n) is 5.90. The van der Waals surface area contributed by atoms with E-state index in [4.69, 9.17) is 4.74 Å². The number of methoxy groups -OCH3 is 1. The van der Waals surface area contributed by atoms with Crippen LogP contribution in [0.15, 0.2) is 24.3 Å². The average molecular weight is 504 g/mol. The number of rotatable bonds is 7. The zero-order chi connectivity index (χ0) is 25.7. The number of carbonyl (C=O) groups excluding carboxylic acids is 3. The van der Waals surface area contributed by atoms with Gasteiger partial charge in [-0.2, -0.15) is 0 Å². The van der Waals surface area contributed by atoms with Gasteiger partial charge < -0.3 is 25.0 Å². The molecule has 8 nitrogen and oxygen atoms in total. The monoisotopic (exact) mass is 503 g/mol. The highest BCUT2D eigenvalue weighted by Crippen LogP contribution is 2.66. The van der Waals surface area contributed by atoms with Crippen LogP contribution in [0.4, 0.5) is 8.78 Å². The molecule has 3 fully saturated rings. The number of hydrogen-bond donors (Lipinski definition) is 3. The molecule has 2 aliphatic carbocycles. The second-order valence-corrected chi connectivity index (χ2v) is 10.5. The lowest BCUT2D eigenvalue weighted by Crippen LogP contribution is -2.50. The Morgan fingerprint density at radius 3 is 2.78 bits per heavy atom. The summed E-state index contributed by atoms with van der Waals surface area (Å²) in [5.41, 5.74) is -0.579. The molecule has 5 rings (SSSR count). The molecule has 10 heteroatoms. The van der Waals surface area contributed by atoms with Crippen molar-refractivity contribution in [2.24, 2.45) is 11.3 Å². The minimum Gasteiger partial charge on any atom is -0.496 e. The molecule has 2 saturated carbocycles. The van der Waals surface area contributed by atoms with E-state index in [1.807, 2.05) is 0 Å². The molecule has 3 N–H and O–H groups in total. The van der Waals surface area contributed by atoms with Crippen LogP contribution in [0.2, 0.25) is 0 Å². The number of nitrogens with one attached hydrogen (secondary N) is 2. The lowest BCUT2D eigenvalue weighted by atomic mass is 9.83. The smallest absolute Gasteiger partial charge is 0.271 e. The maximum absolute atomic E-state index is 14.3. The van der Waals surface area contributed by atoms with E-state index in [0.717, 1.165) is 12.8 Å². The van der Waals surface area contributed by atoms with Gasteiger partial charge in [0.15, 0.2) is 0 Å². The molecule has 2 aromatic rings. The second kappa shape index (κ2) is 9.14. The van der Waals surface area contributed by atoms with E-state index < -0.39 is 35.2 Å². The van der Waals surface area contributed by atoms with Crippen molar-refractivity contribution in [2.45, 2.75) is 63.0 Å². The number of Topliss-reactive ketones (excluding diaryl/α,β-unsaturated/α-hetero) is 1. The predicted molar refractivity (Wildman–Crippen MR) is 127 cm³/mol. The first-order chi connectivity index (χ1) is 17.2. The van der Waals surface area contributed by atoms with E-state index >= 15 is 0 Å². The standard InChI is InChI=1S/C26H31F2N3O5/c1-36-22-8-4-6-18-17(22)10-19(30-18)24(35)31-14-25(13-26(25,27)28)11-20(31)23(34)29-16(12-32)9-15-5-2-3-7-21(15)33/h4,6,8,10,15-16,20,30,32H,2-3,5,7,9,11-14H2,1H3,(H,29,34)/t15-,16-,20-,25-/m0/s1. The van der Waals surface area contributed by atoms with Gasteiger partial charge in [-0.15, -0.1) is 0 Å². The number of halogens is 2. The number of benzene rings is 1. The van der Waals surface area contributed by atoms with Gasteiger partial charge in [-0.25, -0.2) is 8.78 Å². The number of hydrogen-bond acceptors (Lipinski definition) is 5. The second-order valence-electron chi connectivity index (χ2n) is 10.5. The molecule has 1 spiro atoms. The van der Waals surface area contributed by atoms with E-state index in [0.29, 0.717) is 35.9 Å². The molecule has 1 aromatic heterocycles. The quantitative estimate of drug-likeness (QED) is 0.538. The highest BCUT2D eigenvalue weighted by Gasteiger charge is 2.75. The third-order valence-corrected chi connectivity index (χ3v) is 8.10. The van der Waals surface area contributed by atoms with Crippen molar-refractivity contribution < 1.29 is 33.0 Å². The fourth-order valence-corrected chi connectivity index (χ4v) is 5.90. The summed E-state index contributed by atoms with van der Waals surface area (Å²) in [6, 6.07) is 5.11. The minimum atomic E-state index is -2.94. The van der Waals surface area contributed by atoms with Gasteiger partial charge in [0.25, 0.3) is 11.8 Å². The molecule has 194 valence electrons. The number of fused-ring (bicyclic) bond motifs is 1. The van der Waals surface area contributed by atoms with Crippen LogP contribution in [0.25, 0.3) is 10.9 Å². The van der Waals surface area contributed by atoms with Gasteiger partial charge in [0.05, 0.1) is 25.2 Å². The maximum atomic E-state index is 14.3. The van der Waals surface area contributed by atoms with Crippen LogP contribution in [0.5, 0.6) is 5.75 Å². The Morgan fingerprint density at radius 1 is 1.33 bits per heavy atom. The van der Waals surface area contributed by atoms with E-state index in [9.17, 15) is 28.3 Å². The molecule has 3 aliphatic rings. The number of H-pyrrole nitrogens is 1. The van der Waals surface area contributed by atoms with E-state index in [-0.39, 0.29) is 43.4 Å². The summed E-state index contributed by atoms with van der Waals surface area (Å²) in [4.78, 5) is 43.3. The third-order valence-electron chi connectivity index (χ3n) is 8.10. The molecule has 0 bridgehead atoms. The van der Waals surface area contributed by atoms with Crippen molar-refractivity contribution in [3.05, 3.63) is 30.0 Å². The van der Waals surface area contributed by atoms with Gasteiger partial charge >= 0.3 is 0 Å². The summed E-state index contributed by atoms with van der Waals surface area (Å²) < 4.78 is 34.0. The molecule has 0 unspecified atom stereocenters. The molecule has 1 aromatic carbocycles. The molecular formula is C26H31F2N3O5. The van der Waals surface area contributed by atoms with Crippen molar-refractivity contribution in [3.63, 3.8) is 0 Å². The van der Waals surface area contributed by atoms with E-state index in [2.05, 4.69) is 10.3 Å². The topological polar surface area (TPSA) is 112 Å². The summed E-state index contributed by atoms with van der Waals surface area (Å²) in [7, 11) is 1.52. The largest absolute Gasteiger partial charge is 0.496 e. The Morgan fingerprint density at radius 2 is 2.11 bits per heavy atom. The number of amides is 2. The number of aliphatic hydroxyl groups excluding tert-OH is 1. The fraction of sp³-hybridized carbons (Fsp3) is 0.577. The number of aromatic nitrogens is 1. The molecule has 2 amide bonds. The number of aromatic amines is 1. The number of ether oxygens (including phenoxy) is 1. The van der Waals surface area contributed by atoms with Crippen molar-refractivity contribution in [3.8, 4) is 5.75 Å². The summed E-state index contributed by atoms with van der Waals surface area (Å²) in [5, 5.41) is 13.3. The normalized spacial score (nSPS) is 27.9. The lowest BCUT2D eigenvalue weighted by Gasteiger charge is -2.28. The van der Waals surface area contributed by atoms with Crippen LogP contribution in [0.1, 0.15) is 55.4 Å². The van der Waals surface area contributed by atoms with Crippen LogP contribution in [0, 0.1) is 11.3 Å². The van der Waals surface area contributed by atoms with Gasteiger partial charge in [0.2, 0.25) is 5.91 Å². The van der Waals surface area contributed by atoms with Gasteiger partial charge in [0.1, 0.15) is 23.3 Å². The molecule has 1 aliphatic heterocycles. The lowest BCUT2D eigenvalue weighted by molar-refractivity contribution is -0.128. The highest BCUT2D eigenvalue weighted by molar-refractivity contribution is 6.02. The molecule has 2 heterocycles. The summed E-state index contributed by atoms with van der Waals surface area (Å²) in [5.74, 6) is -3.62. The molecule has 4 atom stereocenters. The van der Waals surface area contributed by atoms with Crippen LogP contribution < -0.4 is 10.1 Å². The number of aliphatic hydroxyl groups is 1. The maximum Gasteiger partial charge on any atom is 0.271 e. The van der Waals surface area contributed by atoms with Crippen molar-refractivity contribution in [1.29, 1.82) is 0 Å². The molecule has 1 saturated heterocycles. The zero-order valence-electron chi connectivity index (χ0n) is 20.2. The summed E-state index contributed by atoms with van der Waals surface area (Å²) >= 11 is 0. The Kier molecular flexibility index (Phi) is 6.26. The first-order valence-electron chi connectivity index (χ1n) is 12.5. The molecule has 0 radical (unpaired) electrons. The van der Waals surface area contributed by atoms with Crippen molar-refractivity contribution in [2.75, 3.05) is 20.3 Å². The number of ketones is 1. The van der Waals surface area contributed by atoms with Crippen LogP contribution in [0.3, 0.4) is 0 Å². The summed E-state index contributed by atoms with van der Waals surface area (Å²) in [6.07, 6.45) is 2.74. The van der Waals surface area contributed by atoms with Gasteiger partial charge in [-0.3, -0.25) is 14.4 Å². The Hall–Kier alpha value is -3.01. The van der Waals surface area contributed by atoms with Gasteiger partial charge in [0, 0.05) is 36.2 Å². The highest BCUT2D eigenvalue weighted by atomic mass is 19.3. The van der Waals surface area contributed by atoms with Crippen LogP contribution in [-0.2, 0) is 9.59 Å². The first kappa shape index (κ1) is 24.7. The first-order valence-corrected chi connectivity index (χ1v) is 12.5. The van der Waals surface area contributed by atoms with E-state index in [1.165, 1.54) is 12.0 Å². The van der Waals surface area contributed by atoms with Gasteiger partial charge in [-0.1, -0.05) is 12.5 Å². The SMILES string of the molecule is COc1cccc2[nH]c(C(=O)N3C[C@]4(C[C@H]3C(=O)N[C@H](CO)C[C@@H]3CCCCC3=O)CC4(F)F)cc12. The van der Waals surface area contributed by atoms with Crippen LogP contribution in [-0.4, -0.2) is 70.9 Å². The number of likely N-dealkylation sites (tertiary alicyclic amines) is 1. The number of nitrogens with zero attached hydrogens (tertiary/aromatic N) is 1. The van der Waals surface area contributed by atoms with Crippen molar-refractivity contribution >= 4 is 28.5 Å². The zero-order valence-corrected chi connectivity index (χ0v) is 20.2. The summed E-state index contributed by atoms with van der Waals surface area (Å²) in [6.45, 7) is -0.604. The molecule has 36 heavy (non-hydrogen) atoms. The average Bonchev–Trinajstić information content (AvgIpc) is 3.20.